The molecule has 0 aliphatic heterocycles. The van der Waals surface area contributed by atoms with Crippen molar-refractivity contribution in [2.24, 2.45) is 0 Å². The highest BCUT2D eigenvalue weighted by molar-refractivity contribution is 9.10. The summed E-state index contributed by atoms with van der Waals surface area (Å²) in [5, 5.41) is 13.9. The zero-order valence-corrected chi connectivity index (χ0v) is 18.6. The van der Waals surface area contributed by atoms with Crippen molar-refractivity contribution in [3.63, 3.8) is 0 Å². The van der Waals surface area contributed by atoms with E-state index >= 15 is 0 Å². The number of nitrogens with zero attached hydrogens (tertiary/aromatic N) is 2. The Morgan fingerprint density at radius 1 is 1.14 bits per heavy atom. The summed E-state index contributed by atoms with van der Waals surface area (Å²) in [6.07, 6.45) is 0. The van der Waals surface area contributed by atoms with Crippen LogP contribution in [0.25, 0.3) is 0 Å². The van der Waals surface area contributed by atoms with Gasteiger partial charge in [-0.1, -0.05) is 47.4 Å². The molecule has 0 aliphatic carbocycles. The molecule has 0 unspecified atom stereocenters. The molecule has 2 aromatic carbocycles. The lowest BCUT2D eigenvalue weighted by Gasteiger charge is -2.05. The highest BCUT2D eigenvalue weighted by atomic mass is 79.9. The van der Waals surface area contributed by atoms with Crippen LogP contribution in [0.2, 0.25) is 0 Å². The molecule has 3 aromatic rings. The predicted octanol–water partition coefficient (Wildman–Crippen LogP) is 3.97. The van der Waals surface area contributed by atoms with Gasteiger partial charge in [0, 0.05) is 11.0 Å². The highest BCUT2D eigenvalue weighted by Crippen LogP contribution is 2.26. The minimum Gasteiger partial charge on any atom is -0.497 e. The molecule has 150 valence electrons. The molecular weight excluding hydrogens is 476 g/mol. The van der Waals surface area contributed by atoms with E-state index < -0.39 is 0 Å². The minimum atomic E-state index is -0.276. The number of benzene rings is 2. The normalized spacial score (nSPS) is 10.4. The Morgan fingerprint density at radius 2 is 1.90 bits per heavy atom. The first-order chi connectivity index (χ1) is 14.0. The Kier molecular flexibility index (Phi) is 7.62. The predicted molar refractivity (Wildman–Crippen MR) is 118 cm³/mol. The van der Waals surface area contributed by atoms with Crippen LogP contribution in [0.15, 0.2) is 57.3 Å². The third-order valence-electron chi connectivity index (χ3n) is 3.72. The van der Waals surface area contributed by atoms with Crippen LogP contribution >= 0.6 is 39.0 Å². The van der Waals surface area contributed by atoms with Gasteiger partial charge in [0.15, 0.2) is 4.34 Å². The molecule has 0 radical (unpaired) electrons. The molecule has 2 N–H and O–H groups in total. The zero-order valence-electron chi connectivity index (χ0n) is 15.3. The lowest BCUT2D eigenvalue weighted by atomic mass is 10.2. The van der Waals surface area contributed by atoms with Crippen LogP contribution in [0.4, 0.5) is 5.13 Å². The quantitative estimate of drug-likeness (QED) is 0.365. The van der Waals surface area contributed by atoms with E-state index in [1.54, 1.807) is 25.3 Å². The van der Waals surface area contributed by atoms with Crippen LogP contribution in [-0.2, 0) is 11.3 Å². The number of aromatic nitrogens is 2. The molecule has 0 bridgehead atoms. The Bertz CT molecular complexity index is 995. The maximum absolute atomic E-state index is 12.3. The van der Waals surface area contributed by atoms with Crippen LogP contribution in [0.1, 0.15) is 15.9 Å². The second kappa shape index (κ2) is 10.4. The molecule has 0 spiro atoms. The molecule has 0 fully saturated rings. The topological polar surface area (TPSA) is 93.2 Å². The first-order valence-electron chi connectivity index (χ1n) is 8.47. The number of anilines is 1. The SMILES string of the molecule is COc1ccc(CNC(=O)CSc2nnc(NC(=O)c3ccccc3Br)s2)cc1. The van der Waals surface area contributed by atoms with E-state index in [-0.39, 0.29) is 17.6 Å². The smallest absolute Gasteiger partial charge is 0.258 e. The number of nitrogens with one attached hydrogen (secondary N) is 2. The molecule has 29 heavy (non-hydrogen) atoms. The maximum Gasteiger partial charge on any atom is 0.258 e. The molecule has 7 nitrogen and oxygen atoms in total. The number of halogens is 1. The molecule has 3 rings (SSSR count). The van der Waals surface area contributed by atoms with Crippen LogP contribution in [0.5, 0.6) is 5.75 Å². The van der Waals surface area contributed by atoms with Gasteiger partial charge >= 0.3 is 0 Å². The van der Waals surface area contributed by atoms with Crippen molar-refractivity contribution in [1.82, 2.24) is 15.5 Å². The number of hydrogen-bond acceptors (Lipinski definition) is 7. The van der Waals surface area contributed by atoms with Gasteiger partial charge < -0.3 is 10.1 Å². The highest BCUT2D eigenvalue weighted by Gasteiger charge is 2.13. The molecule has 0 saturated carbocycles. The van der Waals surface area contributed by atoms with Crippen molar-refractivity contribution in [1.29, 1.82) is 0 Å². The molecule has 1 aromatic heterocycles. The number of carbonyl (C=O) groups excluding carboxylic acids is 2. The van der Waals surface area contributed by atoms with Crippen molar-refractivity contribution in [2.45, 2.75) is 10.9 Å². The molecular formula is C19H17BrN4O3S2. The van der Waals surface area contributed by atoms with E-state index in [2.05, 4.69) is 36.8 Å². The van der Waals surface area contributed by atoms with Gasteiger partial charge in [0.05, 0.1) is 18.4 Å². The molecule has 0 aliphatic rings. The van der Waals surface area contributed by atoms with Gasteiger partial charge in [-0.05, 0) is 45.8 Å². The molecule has 2 amide bonds. The van der Waals surface area contributed by atoms with E-state index in [0.717, 1.165) is 11.3 Å². The van der Waals surface area contributed by atoms with Gasteiger partial charge in [-0.3, -0.25) is 14.9 Å². The Hall–Kier alpha value is -2.43. The first kappa shape index (κ1) is 21.3. The van der Waals surface area contributed by atoms with Crippen molar-refractivity contribution < 1.29 is 14.3 Å². The van der Waals surface area contributed by atoms with Crippen LogP contribution in [0, 0.1) is 0 Å². The van der Waals surface area contributed by atoms with E-state index in [9.17, 15) is 9.59 Å². The van der Waals surface area contributed by atoms with Crippen LogP contribution in [-0.4, -0.2) is 34.9 Å². The van der Waals surface area contributed by atoms with Gasteiger partial charge in [-0.25, -0.2) is 0 Å². The Balaban J connectivity index is 1.45. The van der Waals surface area contributed by atoms with Gasteiger partial charge in [0.1, 0.15) is 5.75 Å². The van der Waals surface area contributed by atoms with Gasteiger partial charge in [-0.2, -0.15) is 0 Å². The number of methoxy groups -OCH3 is 1. The lowest BCUT2D eigenvalue weighted by molar-refractivity contribution is -0.118. The number of thioether (sulfide) groups is 1. The number of carbonyl (C=O) groups is 2. The minimum absolute atomic E-state index is 0.111. The summed E-state index contributed by atoms with van der Waals surface area (Å²) in [5.74, 6) is 0.597. The fourth-order valence-electron chi connectivity index (χ4n) is 2.25. The number of hydrogen-bond donors (Lipinski definition) is 2. The standard InChI is InChI=1S/C19H17BrN4O3S2/c1-27-13-8-6-12(7-9-13)10-21-16(25)11-28-19-24-23-18(29-19)22-17(26)14-4-2-3-5-15(14)20/h2-9H,10-11H2,1H3,(H,21,25)(H,22,23,26). The monoisotopic (exact) mass is 492 g/mol. The Labute approximate surface area is 184 Å². The third kappa shape index (κ3) is 6.28. The fraction of sp³-hybridized carbons (Fsp3) is 0.158. The van der Waals surface area contributed by atoms with Gasteiger partial charge in [-0.15, -0.1) is 10.2 Å². The molecule has 1 heterocycles. The van der Waals surface area contributed by atoms with Crippen LogP contribution < -0.4 is 15.4 Å². The number of amides is 2. The maximum atomic E-state index is 12.3. The Morgan fingerprint density at radius 3 is 2.62 bits per heavy atom. The van der Waals surface area contributed by atoms with E-state index in [0.29, 0.717) is 26.1 Å². The number of ether oxygens (including phenoxy) is 1. The summed E-state index contributed by atoms with van der Waals surface area (Å²) in [7, 11) is 1.61. The third-order valence-corrected chi connectivity index (χ3v) is 6.38. The van der Waals surface area contributed by atoms with Crippen LogP contribution in [0.3, 0.4) is 0 Å². The second-order valence-electron chi connectivity index (χ2n) is 5.72. The second-order valence-corrected chi connectivity index (χ2v) is 8.77. The largest absolute Gasteiger partial charge is 0.497 e. The summed E-state index contributed by atoms with van der Waals surface area (Å²) in [6.45, 7) is 0.437. The first-order valence-corrected chi connectivity index (χ1v) is 11.1. The fourth-order valence-corrected chi connectivity index (χ4v) is 4.29. The van der Waals surface area contributed by atoms with Crippen molar-refractivity contribution in [2.75, 3.05) is 18.2 Å². The summed E-state index contributed by atoms with van der Waals surface area (Å²) >= 11 is 5.84. The van der Waals surface area contributed by atoms with E-state index in [4.69, 9.17) is 4.74 Å². The van der Waals surface area contributed by atoms with Gasteiger partial charge in [0.25, 0.3) is 5.91 Å². The zero-order chi connectivity index (χ0) is 20.6. The van der Waals surface area contributed by atoms with E-state index in [1.165, 1.54) is 23.1 Å². The molecule has 0 atom stereocenters. The average Bonchev–Trinajstić information content (AvgIpc) is 3.18. The lowest BCUT2D eigenvalue weighted by Crippen LogP contribution is -2.24. The number of rotatable bonds is 8. The molecule has 10 heteroatoms. The summed E-state index contributed by atoms with van der Waals surface area (Å²) in [4.78, 5) is 24.3. The van der Waals surface area contributed by atoms with Crippen molar-refractivity contribution in [3.05, 3.63) is 64.1 Å². The molecule has 0 saturated heterocycles. The summed E-state index contributed by atoms with van der Waals surface area (Å²) < 4.78 is 6.41. The summed E-state index contributed by atoms with van der Waals surface area (Å²) in [5.41, 5.74) is 1.49. The van der Waals surface area contributed by atoms with Gasteiger partial charge in [0.2, 0.25) is 11.0 Å². The van der Waals surface area contributed by atoms with E-state index in [1.807, 2.05) is 30.3 Å². The van der Waals surface area contributed by atoms with Crippen molar-refractivity contribution in [3.8, 4) is 5.75 Å². The van der Waals surface area contributed by atoms with Crippen molar-refractivity contribution >= 4 is 56.0 Å². The summed E-state index contributed by atoms with van der Waals surface area (Å²) in [6, 6.07) is 14.6. The average molecular weight is 493 g/mol.